The third-order valence-electron chi connectivity index (χ3n) is 4.04. The molecule has 1 aromatic carbocycles. The largest absolute Gasteiger partial charge is 0.388 e. The first-order chi connectivity index (χ1) is 8.81. The van der Waals surface area contributed by atoms with E-state index in [1.807, 2.05) is 0 Å². The summed E-state index contributed by atoms with van der Waals surface area (Å²) in [5.41, 5.74) is 3.49. The van der Waals surface area contributed by atoms with Gasteiger partial charge in [-0.2, -0.15) is 0 Å². The van der Waals surface area contributed by atoms with Crippen molar-refractivity contribution in [1.29, 1.82) is 0 Å². The number of hydrogen-bond donors (Lipinski definition) is 1. The molecule has 1 rings (SSSR count). The van der Waals surface area contributed by atoms with E-state index in [2.05, 4.69) is 64.8 Å². The molecule has 0 aliphatic heterocycles. The molecule has 108 valence electrons. The van der Waals surface area contributed by atoms with E-state index >= 15 is 0 Å². The molecule has 1 N–H and O–H groups in total. The van der Waals surface area contributed by atoms with Crippen molar-refractivity contribution in [3.05, 3.63) is 34.9 Å². The Hall–Kier alpha value is -0.860. The second kappa shape index (κ2) is 7.06. The van der Waals surface area contributed by atoms with Crippen LogP contribution < -0.4 is 0 Å². The topological polar surface area (TPSA) is 23.5 Å². The molecule has 2 unspecified atom stereocenters. The molecule has 2 nitrogen and oxygen atoms in total. The van der Waals surface area contributed by atoms with Gasteiger partial charge in [-0.05, 0) is 45.7 Å². The van der Waals surface area contributed by atoms with Crippen molar-refractivity contribution in [1.82, 2.24) is 4.90 Å². The molecule has 0 aromatic heterocycles. The van der Waals surface area contributed by atoms with Crippen molar-refractivity contribution in [3.8, 4) is 0 Å². The monoisotopic (exact) mass is 263 g/mol. The van der Waals surface area contributed by atoms with Crippen LogP contribution in [-0.4, -0.2) is 29.6 Å². The van der Waals surface area contributed by atoms with Crippen LogP contribution in [0.25, 0.3) is 0 Å². The van der Waals surface area contributed by atoms with E-state index in [0.29, 0.717) is 12.0 Å². The van der Waals surface area contributed by atoms with E-state index in [1.54, 1.807) is 0 Å². The molecule has 0 aliphatic carbocycles. The minimum absolute atomic E-state index is 0.361. The second-order valence-electron chi connectivity index (χ2n) is 6.19. The highest BCUT2D eigenvalue weighted by Crippen LogP contribution is 2.20. The molecule has 2 heteroatoms. The third kappa shape index (κ3) is 4.96. The van der Waals surface area contributed by atoms with E-state index < -0.39 is 0 Å². The second-order valence-corrected chi connectivity index (χ2v) is 6.19. The lowest BCUT2D eigenvalue weighted by molar-refractivity contribution is 0.129. The fraction of sp³-hybridized carbons (Fsp3) is 0.647. The molecule has 0 amide bonds. The van der Waals surface area contributed by atoms with Crippen molar-refractivity contribution in [2.24, 2.45) is 5.92 Å². The third-order valence-corrected chi connectivity index (χ3v) is 4.04. The highest BCUT2D eigenvalue weighted by Gasteiger charge is 2.15. The maximum atomic E-state index is 10.3. The predicted octanol–water partition coefficient (Wildman–Crippen LogP) is 3.70. The molecule has 0 spiro atoms. The molecule has 2 atom stereocenters. The molecule has 1 aromatic rings. The van der Waals surface area contributed by atoms with Crippen LogP contribution in [0.2, 0.25) is 0 Å². The molecule has 0 heterocycles. The Morgan fingerprint density at radius 1 is 1.05 bits per heavy atom. The molecular weight excluding hydrogens is 234 g/mol. The first-order valence-corrected chi connectivity index (χ1v) is 7.27. The predicted molar refractivity (Wildman–Crippen MR) is 82.4 cm³/mol. The molecular formula is C17H29NO. The van der Waals surface area contributed by atoms with Crippen molar-refractivity contribution in [3.63, 3.8) is 0 Å². The molecule has 0 aliphatic rings. The van der Waals surface area contributed by atoms with Crippen LogP contribution >= 0.6 is 0 Å². The number of aliphatic hydroxyl groups excluding tert-OH is 1. The van der Waals surface area contributed by atoms with Crippen LogP contribution in [0.15, 0.2) is 18.2 Å². The van der Waals surface area contributed by atoms with E-state index in [1.165, 1.54) is 11.1 Å². The Balaban J connectivity index is 2.57. The summed E-state index contributed by atoms with van der Waals surface area (Å²) < 4.78 is 0. The molecule has 0 fully saturated rings. The lowest BCUT2D eigenvalue weighted by Crippen LogP contribution is -2.34. The Kier molecular flexibility index (Phi) is 6.02. The Morgan fingerprint density at radius 3 is 2.05 bits per heavy atom. The maximum absolute atomic E-state index is 10.3. The summed E-state index contributed by atoms with van der Waals surface area (Å²) in [5.74, 6) is 0.642. The van der Waals surface area contributed by atoms with E-state index in [9.17, 15) is 5.11 Å². The molecule has 0 bridgehead atoms. The summed E-state index contributed by atoms with van der Waals surface area (Å²) in [6, 6.07) is 6.86. The van der Waals surface area contributed by atoms with Crippen molar-refractivity contribution < 1.29 is 5.11 Å². The van der Waals surface area contributed by atoms with Crippen LogP contribution in [0, 0.1) is 19.8 Å². The highest BCUT2D eigenvalue weighted by molar-refractivity contribution is 5.29. The van der Waals surface area contributed by atoms with Gasteiger partial charge in [0.25, 0.3) is 0 Å². The van der Waals surface area contributed by atoms with Gasteiger partial charge in [-0.15, -0.1) is 0 Å². The van der Waals surface area contributed by atoms with Gasteiger partial charge in [-0.1, -0.05) is 43.2 Å². The Morgan fingerprint density at radius 2 is 1.58 bits per heavy atom. The fourth-order valence-corrected chi connectivity index (χ4v) is 2.41. The van der Waals surface area contributed by atoms with Crippen molar-refractivity contribution >= 4 is 0 Å². The van der Waals surface area contributed by atoms with Crippen molar-refractivity contribution in [2.45, 2.75) is 53.2 Å². The average molecular weight is 263 g/mol. The number of rotatable bonds is 6. The van der Waals surface area contributed by atoms with Crippen molar-refractivity contribution in [2.75, 3.05) is 13.6 Å². The Labute approximate surface area is 118 Å². The SMILES string of the molecule is Cc1cc(C)cc(C(O)CCN(C)C(C)C(C)C)c1. The first kappa shape index (κ1) is 16.2. The number of aliphatic hydroxyl groups is 1. The molecule has 0 radical (unpaired) electrons. The maximum Gasteiger partial charge on any atom is 0.0802 e. The number of nitrogens with zero attached hydrogens (tertiary/aromatic N) is 1. The van der Waals surface area contributed by atoms with Gasteiger partial charge in [0.05, 0.1) is 6.10 Å². The summed E-state index contributed by atoms with van der Waals surface area (Å²) in [7, 11) is 2.14. The minimum atomic E-state index is -0.361. The zero-order valence-electron chi connectivity index (χ0n) is 13.3. The average Bonchev–Trinajstić information content (AvgIpc) is 2.33. The van der Waals surface area contributed by atoms with E-state index in [4.69, 9.17) is 0 Å². The quantitative estimate of drug-likeness (QED) is 0.846. The van der Waals surface area contributed by atoms with Gasteiger partial charge in [-0.3, -0.25) is 0 Å². The first-order valence-electron chi connectivity index (χ1n) is 7.27. The van der Waals surface area contributed by atoms with Crippen LogP contribution in [0.5, 0.6) is 0 Å². The van der Waals surface area contributed by atoms with Crippen LogP contribution in [0.1, 0.15) is 50.0 Å². The summed E-state index contributed by atoms with van der Waals surface area (Å²) in [4.78, 5) is 2.33. The lowest BCUT2D eigenvalue weighted by atomic mass is 10.00. The number of aryl methyl sites for hydroxylation is 2. The molecule has 0 saturated heterocycles. The Bertz CT molecular complexity index is 380. The lowest BCUT2D eigenvalue weighted by Gasteiger charge is -2.28. The molecule has 0 saturated carbocycles. The van der Waals surface area contributed by atoms with E-state index in [0.717, 1.165) is 18.5 Å². The molecule has 19 heavy (non-hydrogen) atoms. The summed E-state index contributed by atoms with van der Waals surface area (Å²) in [6.07, 6.45) is 0.427. The fourth-order valence-electron chi connectivity index (χ4n) is 2.41. The zero-order valence-corrected chi connectivity index (χ0v) is 13.3. The summed E-state index contributed by atoms with van der Waals surface area (Å²) >= 11 is 0. The summed E-state index contributed by atoms with van der Waals surface area (Å²) in [6.45, 7) is 11.8. The van der Waals surface area contributed by atoms with Crippen LogP contribution in [-0.2, 0) is 0 Å². The highest BCUT2D eigenvalue weighted by atomic mass is 16.3. The van der Waals surface area contributed by atoms with Gasteiger partial charge in [0, 0.05) is 12.6 Å². The van der Waals surface area contributed by atoms with E-state index in [-0.39, 0.29) is 6.10 Å². The number of hydrogen-bond acceptors (Lipinski definition) is 2. The van der Waals surface area contributed by atoms with Gasteiger partial charge in [-0.25, -0.2) is 0 Å². The van der Waals surface area contributed by atoms with Gasteiger partial charge in [0.1, 0.15) is 0 Å². The summed E-state index contributed by atoms with van der Waals surface area (Å²) in [5, 5.41) is 10.3. The smallest absolute Gasteiger partial charge is 0.0802 e. The number of benzene rings is 1. The van der Waals surface area contributed by atoms with Gasteiger partial charge < -0.3 is 10.0 Å². The normalized spacial score (nSPS) is 15.0. The zero-order chi connectivity index (χ0) is 14.6. The van der Waals surface area contributed by atoms with Crippen LogP contribution in [0.4, 0.5) is 0 Å². The van der Waals surface area contributed by atoms with Gasteiger partial charge in [0.15, 0.2) is 0 Å². The van der Waals surface area contributed by atoms with Gasteiger partial charge in [0.2, 0.25) is 0 Å². The minimum Gasteiger partial charge on any atom is -0.388 e. The van der Waals surface area contributed by atoms with Gasteiger partial charge >= 0.3 is 0 Å². The standard InChI is InChI=1S/C17H29NO/c1-12(2)15(5)18(6)8-7-17(19)16-10-13(3)9-14(4)11-16/h9-12,15,17,19H,7-8H2,1-6H3. The van der Waals surface area contributed by atoms with Crippen LogP contribution in [0.3, 0.4) is 0 Å².